The Morgan fingerprint density at radius 1 is 1.06 bits per heavy atom. The van der Waals surface area contributed by atoms with Crippen molar-refractivity contribution < 1.29 is 14.3 Å². The van der Waals surface area contributed by atoms with Gasteiger partial charge in [-0.1, -0.05) is 37.1 Å². The Bertz CT molecular complexity index is 1420. The highest BCUT2D eigenvalue weighted by Gasteiger charge is 2.17. The first kappa shape index (κ1) is 23.1. The quantitative estimate of drug-likeness (QED) is 0.343. The number of unbranched alkanes of at least 4 members (excludes halogenated alkanes) is 1. The molecule has 2 N–H and O–H groups in total. The van der Waals surface area contributed by atoms with Gasteiger partial charge in [0, 0.05) is 5.56 Å². The van der Waals surface area contributed by atoms with Crippen molar-refractivity contribution in [3.05, 3.63) is 70.7 Å². The van der Waals surface area contributed by atoms with Gasteiger partial charge in [-0.25, -0.2) is 0 Å². The predicted molar refractivity (Wildman–Crippen MR) is 139 cm³/mol. The van der Waals surface area contributed by atoms with E-state index < -0.39 is 0 Å². The Hall–Kier alpha value is -3.69. The van der Waals surface area contributed by atoms with Gasteiger partial charge in [0.1, 0.15) is 11.0 Å². The fourth-order valence-electron chi connectivity index (χ4n) is 3.69. The van der Waals surface area contributed by atoms with Crippen molar-refractivity contribution in [3.8, 4) is 17.2 Å². The average Bonchev–Trinajstić information content (AvgIpc) is 3.49. The van der Waals surface area contributed by atoms with Gasteiger partial charge in [0.25, 0.3) is 5.91 Å². The molecule has 4 aromatic rings. The van der Waals surface area contributed by atoms with Gasteiger partial charge in [-0.05, 0) is 73.1 Å². The Morgan fingerprint density at radius 3 is 2.57 bits per heavy atom. The van der Waals surface area contributed by atoms with E-state index in [1.807, 2.05) is 12.1 Å². The van der Waals surface area contributed by atoms with Crippen molar-refractivity contribution in [2.24, 2.45) is 0 Å². The summed E-state index contributed by atoms with van der Waals surface area (Å²) in [5.41, 5.74) is 4.33. The molecule has 1 amide bonds. The number of ether oxygens (including phenoxy) is 2. The lowest BCUT2D eigenvalue weighted by atomic mass is 10.1. The molecule has 0 radical (unpaired) electrons. The Kier molecular flexibility index (Phi) is 6.52. The first-order chi connectivity index (χ1) is 17.0. The maximum absolute atomic E-state index is 12.6. The van der Waals surface area contributed by atoms with Gasteiger partial charge in [-0.15, -0.1) is 10.2 Å². The molecule has 2 heterocycles. The Morgan fingerprint density at radius 2 is 1.80 bits per heavy atom. The van der Waals surface area contributed by atoms with Gasteiger partial charge in [0.15, 0.2) is 16.6 Å². The Balaban J connectivity index is 1.29. The number of carbonyl (C=O) groups is 1. The monoisotopic (exact) mass is 507 g/mol. The minimum absolute atomic E-state index is 0.101. The number of halogens is 1. The van der Waals surface area contributed by atoms with Crippen LogP contribution >= 0.6 is 23.8 Å². The SMILES string of the molecule is CCCCc1ccc(-n2nc3cc(Cl)c(NC(=S)NC(=O)c4ccc5c(c4)OCO5)cc3n2)cc1. The van der Waals surface area contributed by atoms with Crippen LogP contribution in [-0.2, 0) is 6.42 Å². The summed E-state index contributed by atoms with van der Waals surface area (Å²) in [5, 5.41) is 15.2. The van der Waals surface area contributed by atoms with Crippen molar-refractivity contribution in [1.29, 1.82) is 0 Å². The number of hydrogen-bond acceptors (Lipinski definition) is 6. The third-order valence-electron chi connectivity index (χ3n) is 5.57. The molecule has 0 atom stereocenters. The molecular formula is C25H22ClN5O3S. The van der Waals surface area contributed by atoms with Crippen LogP contribution in [0.25, 0.3) is 16.7 Å². The number of rotatable bonds is 6. The van der Waals surface area contributed by atoms with Crippen LogP contribution < -0.4 is 20.1 Å². The molecule has 3 aromatic carbocycles. The zero-order valence-corrected chi connectivity index (χ0v) is 20.4. The van der Waals surface area contributed by atoms with Crippen LogP contribution in [0, 0.1) is 0 Å². The number of aryl methyl sites for hydroxylation is 1. The second-order valence-electron chi connectivity index (χ2n) is 8.06. The molecule has 1 aliphatic heterocycles. The number of carbonyl (C=O) groups excluding carboxylic acids is 1. The van der Waals surface area contributed by atoms with Crippen molar-refractivity contribution in [3.63, 3.8) is 0 Å². The van der Waals surface area contributed by atoms with Gasteiger partial charge < -0.3 is 14.8 Å². The minimum Gasteiger partial charge on any atom is -0.454 e. The molecule has 1 aromatic heterocycles. The first-order valence-corrected chi connectivity index (χ1v) is 12.0. The van der Waals surface area contributed by atoms with E-state index in [2.05, 4.69) is 39.9 Å². The summed E-state index contributed by atoms with van der Waals surface area (Å²) in [6, 6.07) is 16.6. The molecule has 10 heteroatoms. The number of hydrogen-bond donors (Lipinski definition) is 2. The summed E-state index contributed by atoms with van der Waals surface area (Å²) >= 11 is 11.8. The van der Waals surface area contributed by atoms with E-state index in [0.29, 0.717) is 38.8 Å². The Labute approximate surface area is 212 Å². The summed E-state index contributed by atoms with van der Waals surface area (Å²) in [6.45, 7) is 2.32. The van der Waals surface area contributed by atoms with Gasteiger partial charge in [0.2, 0.25) is 6.79 Å². The lowest BCUT2D eigenvalue weighted by Gasteiger charge is -2.11. The van der Waals surface area contributed by atoms with Gasteiger partial charge in [-0.2, -0.15) is 4.80 Å². The largest absolute Gasteiger partial charge is 0.454 e. The number of nitrogens with one attached hydrogen (secondary N) is 2. The topological polar surface area (TPSA) is 90.3 Å². The van der Waals surface area contributed by atoms with E-state index in [4.69, 9.17) is 33.3 Å². The molecule has 0 bridgehead atoms. The fraction of sp³-hybridized carbons (Fsp3) is 0.200. The van der Waals surface area contributed by atoms with Gasteiger partial charge in [-0.3, -0.25) is 10.1 Å². The first-order valence-electron chi connectivity index (χ1n) is 11.2. The minimum atomic E-state index is -0.383. The maximum atomic E-state index is 12.6. The standard InChI is InChI=1S/C25H22ClN5O3S/c1-2-3-4-15-5-8-17(9-6-15)31-29-20-12-18(26)19(13-21(20)30-31)27-25(35)28-24(32)16-7-10-22-23(11-16)34-14-33-22/h5-13H,2-4,14H2,1H3,(H2,27,28,32,35). The number of anilines is 1. The van der Waals surface area contributed by atoms with Crippen molar-refractivity contribution in [2.45, 2.75) is 26.2 Å². The summed E-state index contributed by atoms with van der Waals surface area (Å²) < 4.78 is 10.6. The molecule has 0 saturated carbocycles. The zero-order chi connectivity index (χ0) is 24.4. The number of nitrogens with zero attached hydrogens (tertiary/aromatic N) is 3. The molecular weight excluding hydrogens is 486 g/mol. The summed E-state index contributed by atoms with van der Waals surface area (Å²) in [5.74, 6) is 0.734. The lowest BCUT2D eigenvalue weighted by molar-refractivity contribution is 0.0977. The van der Waals surface area contributed by atoms with Crippen molar-refractivity contribution in [2.75, 3.05) is 12.1 Å². The smallest absolute Gasteiger partial charge is 0.257 e. The molecule has 0 fully saturated rings. The van der Waals surface area contributed by atoms with E-state index in [-0.39, 0.29) is 17.8 Å². The highest BCUT2D eigenvalue weighted by Crippen LogP contribution is 2.32. The average molecular weight is 508 g/mol. The molecule has 8 nitrogen and oxygen atoms in total. The second-order valence-corrected chi connectivity index (χ2v) is 8.87. The van der Waals surface area contributed by atoms with E-state index >= 15 is 0 Å². The van der Waals surface area contributed by atoms with E-state index in [1.165, 1.54) is 5.56 Å². The molecule has 5 rings (SSSR count). The number of benzene rings is 3. The third-order valence-corrected chi connectivity index (χ3v) is 6.08. The van der Waals surface area contributed by atoms with E-state index in [9.17, 15) is 4.79 Å². The van der Waals surface area contributed by atoms with Crippen molar-refractivity contribution in [1.82, 2.24) is 20.3 Å². The molecule has 0 aliphatic carbocycles. The van der Waals surface area contributed by atoms with Crippen LogP contribution in [-0.4, -0.2) is 32.8 Å². The van der Waals surface area contributed by atoms with Crippen LogP contribution in [0.4, 0.5) is 5.69 Å². The number of amides is 1. The third kappa shape index (κ3) is 5.06. The van der Waals surface area contributed by atoms with Gasteiger partial charge >= 0.3 is 0 Å². The highest BCUT2D eigenvalue weighted by molar-refractivity contribution is 7.80. The van der Waals surface area contributed by atoms with Crippen LogP contribution in [0.15, 0.2) is 54.6 Å². The highest BCUT2D eigenvalue weighted by atomic mass is 35.5. The fourth-order valence-corrected chi connectivity index (χ4v) is 4.10. The molecule has 178 valence electrons. The molecule has 35 heavy (non-hydrogen) atoms. The normalized spacial score (nSPS) is 12.1. The van der Waals surface area contributed by atoms with E-state index in [1.54, 1.807) is 35.1 Å². The van der Waals surface area contributed by atoms with Gasteiger partial charge in [0.05, 0.1) is 16.4 Å². The summed E-state index contributed by atoms with van der Waals surface area (Å²) in [7, 11) is 0. The number of fused-ring (bicyclic) bond motifs is 2. The molecule has 0 saturated heterocycles. The summed E-state index contributed by atoms with van der Waals surface area (Å²) in [6.07, 6.45) is 3.38. The van der Waals surface area contributed by atoms with E-state index in [0.717, 1.165) is 24.9 Å². The molecule has 1 aliphatic rings. The maximum Gasteiger partial charge on any atom is 0.257 e. The van der Waals surface area contributed by atoms with Crippen LogP contribution in [0.1, 0.15) is 35.7 Å². The molecule has 0 unspecified atom stereocenters. The van der Waals surface area contributed by atoms with Crippen LogP contribution in [0.3, 0.4) is 0 Å². The second kappa shape index (κ2) is 9.89. The number of aromatic nitrogens is 3. The van der Waals surface area contributed by atoms with Crippen molar-refractivity contribution >= 4 is 51.6 Å². The predicted octanol–water partition coefficient (Wildman–Crippen LogP) is 5.27. The number of thiocarbonyl (C=S) groups is 1. The van der Waals surface area contributed by atoms with Crippen LogP contribution in [0.2, 0.25) is 5.02 Å². The lowest BCUT2D eigenvalue weighted by Crippen LogP contribution is -2.34. The molecule has 0 spiro atoms. The van der Waals surface area contributed by atoms with Crippen LogP contribution in [0.5, 0.6) is 11.5 Å². The summed E-state index contributed by atoms with van der Waals surface area (Å²) in [4.78, 5) is 14.2. The zero-order valence-electron chi connectivity index (χ0n) is 18.9.